The highest BCUT2D eigenvalue weighted by atomic mass is 32.2. The maximum Gasteiger partial charge on any atom is 0.251 e. The summed E-state index contributed by atoms with van der Waals surface area (Å²) in [5.41, 5.74) is 1.59. The second-order valence-corrected chi connectivity index (χ2v) is 9.69. The summed E-state index contributed by atoms with van der Waals surface area (Å²) < 4.78 is 65.4. The summed E-state index contributed by atoms with van der Waals surface area (Å²) in [6, 6.07) is 7.94. The molecule has 4 rings (SSSR count). The van der Waals surface area contributed by atoms with Crippen molar-refractivity contribution in [2.24, 2.45) is 0 Å². The maximum absolute atomic E-state index is 13.7. The molecular formula is C22H25F2N5O4S. The number of methoxy groups -OCH3 is 2. The Kier molecular flexibility index (Phi) is 6.45. The summed E-state index contributed by atoms with van der Waals surface area (Å²) in [4.78, 5) is 10.4. The average molecular weight is 494 g/mol. The number of ether oxygens (including phenoxy) is 2. The van der Waals surface area contributed by atoms with Gasteiger partial charge in [-0.3, -0.25) is 0 Å². The van der Waals surface area contributed by atoms with Crippen LogP contribution >= 0.6 is 0 Å². The molecular weight excluding hydrogens is 468 g/mol. The van der Waals surface area contributed by atoms with Crippen molar-refractivity contribution in [1.82, 2.24) is 14.7 Å². The minimum Gasteiger partial charge on any atom is -0.493 e. The minimum atomic E-state index is -3.74. The molecule has 0 saturated carbocycles. The Morgan fingerprint density at radius 2 is 1.71 bits per heavy atom. The van der Waals surface area contributed by atoms with E-state index in [-0.39, 0.29) is 30.8 Å². The van der Waals surface area contributed by atoms with Gasteiger partial charge in [0.1, 0.15) is 12.1 Å². The summed E-state index contributed by atoms with van der Waals surface area (Å²) in [5, 5.41) is 3.80. The van der Waals surface area contributed by atoms with Crippen molar-refractivity contribution >= 4 is 38.1 Å². The third-order valence-corrected chi connectivity index (χ3v) is 7.19. The first-order chi connectivity index (χ1) is 16.2. The fourth-order valence-electron chi connectivity index (χ4n) is 3.86. The number of anilines is 3. The number of nitrogens with zero attached hydrogens (tertiary/aromatic N) is 3. The van der Waals surface area contributed by atoms with Crippen LogP contribution in [0, 0.1) is 0 Å². The highest BCUT2D eigenvalue weighted by molar-refractivity contribution is 7.89. The van der Waals surface area contributed by atoms with Gasteiger partial charge in [-0.1, -0.05) is 0 Å². The number of fused-ring (bicyclic) bond motifs is 1. The van der Waals surface area contributed by atoms with Gasteiger partial charge < -0.3 is 19.7 Å². The molecule has 0 bridgehead atoms. The fourth-order valence-corrected chi connectivity index (χ4v) is 4.62. The van der Waals surface area contributed by atoms with Crippen molar-refractivity contribution in [3.8, 4) is 11.5 Å². The van der Waals surface area contributed by atoms with Crippen molar-refractivity contribution in [2.75, 3.05) is 44.6 Å². The summed E-state index contributed by atoms with van der Waals surface area (Å²) >= 11 is 0. The van der Waals surface area contributed by atoms with Crippen LogP contribution < -0.4 is 24.4 Å². The molecule has 3 aromatic rings. The molecule has 1 aliphatic rings. The highest BCUT2D eigenvalue weighted by Gasteiger charge is 2.34. The van der Waals surface area contributed by atoms with Crippen LogP contribution in [0.1, 0.15) is 12.8 Å². The standard InChI is InChI=1S/C22H25F2N5O4S/c1-25-34(30,31)14-4-5-18(29-8-6-22(23,24)7-9-29)17(10-14)28-21-15-11-19(32-2)20(33-3)12-16(15)26-13-27-21/h4-5,10-13,25H,6-9H2,1-3H3,(H,26,27,28). The van der Waals surface area contributed by atoms with Gasteiger partial charge in [0, 0.05) is 37.4 Å². The van der Waals surface area contributed by atoms with Crippen LogP contribution in [0.3, 0.4) is 0 Å². The minimum absolute atomic E-state index is 0.0289. The zero-order valence-electron chi connectivity index (χ0n) is 18.9. The Labute approximate surface area is 196 Å². The topological polar surface area (TPSA) is 106 Å². The lowest BCUT2D eigenvalue weighted by atomic mass is 10.1. The summed E-state index contributed by atoms with van der Waals surface area (Å²) in [6.07, 6.45) is 0.804. The van der Waals surface area contributed by atoms with E-state index >= 15 is 0 Å². The number of benzene rings is 2. The van der Waals surface area contributed by atoms with Crippen molar-refractivity contribution < 1.29 is 26.7 Å². The highest BCUT2D eigenvalue weighted by Crippen LogP contribution is 2.38. The molecule has 182 valence electrons. The smallest absolute Gasteiger partial charge is 0.251 e. The van der Waals surface area contributed by atoms with Gasteiger partial charge in [0.2, 0.25) is 10.0 Å². The van der Waals surface area contributed by atoms with E-state index in [1.54, 1.807) is 18.2 Å². The Morgan fingerprint density at radius 1 is 1.03 bits per heavy atom. The SMILES string of the molecule is CNS(=O)(=O)c1ccc(N2CCC(F)(F)CC2)c(Nc2ncnc3cc(OC)c(OC)cc23)c1. The second-order valence-electron chi connectivity index (χ2n) is 7.80. The Balaban J connectivity index is 1.81. The van der Waals surface area contributed by atoms with Crippen LogP contribution in [0.5, 0.6) is 11.5 Å². The third kappa shape index (κ3) is 4.68. The van der Waals surface area contributed by atoms with Crippen molar-refractivity contribution in [2.45, 2.75) is 23.7 Å². The summed E-state index contributed by atoms with van der Waals surface area (Å²) in [7, 11) is 0.612. The largest absolute Gasteiger partial charge is 0.493 e. The van der Waals surface area contributed by atoms with Crippen LogP contribution in [0.25, 0.3) is 10.9 Å². The Hall–Kier alpha value is -3.25. The molecule has 0 radical (unpaired) electrons. The maximum atomic E-state index is 13.7. The molecule has 0 amide bonds. The normalized spacial score (nSPS) is 15.9. The second kappa shape index (κ2) is 9.18. The van der Waals surface area contributed by atoms with Gasteiger partial charge in [-0.25, -0.2) is 31.9 Å². The number of hydrogen-bond donors (Lipinski definition) is 2. The van der Waals surface area contributed by atoms with E-state index in [1.165, 1.54) is 39.7 Å². The number of alkyl halides is 2. The van der Waals surface area contributed by atoms with E-state index in [4.69, 9.17) is 9.47 Å². The number of halogens is 2. The van der Waals surface area contributed by atoms with E-state index < -0.39 is 15.9 Å². The van der Waals surface area contributed by atoms with Gasteiger partial charge >= 0.3 is 0 Å². The van der Waals surface area contributed by atoms with Crippen molar-refractivity contribution in [3.63, 3.8) is 0 Å². The molecule has 34 heavy (non-hydrogen) atoms. The number of sulfonamides is 1. The number of hydrogen-bond acceptors (Lipinski definition) is 8. The average Bonchev–Trinajstić information content (AvgIpc) is 2.83. The van der Waals surface area contributed by atoms with E-state index in [2.05, 4.69) is 20.0 Å². The first-order valence-corrected chi connectivity index (χ1v) is 12.0. The van der Waals surface area contributed by atoms with Crippen LogP contribution in [-0.2, 0) is 10.0 Å². The molecule has 0 unspecified atom stereocenters. The molecule has 9 nitrogen and oxygen atoms in total. The molecule has 0 aliphatic carbocycles. The molecule has 12 heteroatoms. The number of aromatic nitrogens is 2. The molecule has 2 heterocycles. The van der Waals surface area contributed by atoms with Crippen molar-refractivity contribution in [3.05, 3.63) is 36.7 Å². The first kappa shape index (κ1) is 23.9. The van der Waals surface area contributed by atoms with Crippen LogP contribution in [0.15, 0.2) is 41.6 Å². The molecule has 1 aromatic heterocycles. The van der Waals surface area contributed by atoms with E-state index in [0.29, 0.717) is 39.6 Å². The molecule has 0 atom stereocenters. The number of nitrogens with one attached hydrogen (secondary N) is 2. The van der Waals surface area contributed by atoms with Gasteiger partial charge in [0.15, 0.2) is 11.5 Å². The van der Waals surface area contributed by atoms with Gasteiger partial charge in [-0.2, -0.15) is 0 Å². The Morgan fingerprint density at radius 3 is 2.35 bits per heavy atom. The molecule has 2 aromatic carbocycles. The van der Waals surface area contributed by atoms with Gasteiger partial charge in [0.05, 0.1) is 36.0 Å². The third-order valence-electron chi connectivity index (χ3n) is 5.78. The zero-order chi connectivity index (χ0) is 24.5. The lowest BCUT2D eigenvalue weighted by molar-refractivity contribution is -0.0220. The predicted molar refractivity (Wildman–Crippen MR) is 125 cm³/mol. The van der Waals surface area contributed by atoms with E-state index in [9.17, 15) is 17.2 Å². The van der Waals surface area contributed by atoms with Gasteiger partial charge in [-0.15, -0.1) is 0 Å². The van der Waals surface area contributed by atoms with Crippen LogP contribution in [-0.4, -0.2) is 58.7 Å². The first-order valence-electron chi connectivity index (χ1n) is 10.5. The summed E-state index contributed by atoms with van der Waals surface area (Å²) in [6.45, 7) is 0.269. The van der Waals surface area contributed by atoms with Crippen molar-refractivity contribution in [1.29, 1.82) is 0 Å². The monoisotopic (exact) mass is 493 g/mol. The lowest BCUT2D eigenvalue weighted by Crippen LogP contribution is -2.39. The molecule has 1 aliphatic heterocycles. The van der Waals surface area contributed by atoms with Gasteiger partial charge in [0.25, 0.3) is 5.92 Å². The van der Waals surface area contributed by atoms with Crippen LogP contribution in [0.4, 0.5) is 26.0 Å². The molecule has 1 saturated heterocycles. The number of piperidine rings is 1. The predicted octanol–water partition coefficient (Wildman–Crippen LogP) is 3.53. The fraction of sp³-hybridized carbons (Fsp3) is 0.364. The zero-order valence-corrected chi connectivity index (χ0v) is 19.7. The molecule has 0 spiro atoms. The molecule has 2 N–H and O–H groups in total. The lowest BCUT2D eigenvalue weighted by Gasteiger charge is -2.34. The Bertz CT molecular complexity index is 1310. The molecule has 1 fully saturated rings. The number of rotatable bonds is 7. The summed E-state index contributed by atoms with van der Waals surface area (Å²) in [5.74, 6) is -1.35. The van der Waals surface area contributed by atoms with Gasteiger partial charge in [-0.05, 0) is 31.3 Å². The van der Waals surface area contributed by atoms with Crippen LogP contribution in [0.2, 0.25) is 0 Å². The van der Waals surface area contributed by atoms with E-state index in [1.807, 2.05) is 4.90 Å². The quantitative estimate of drug-likeness (QED) is 0.515. The van der Waals surface area contributed by atoms with E-state index in [0.717, 1.165) is 0 Å².